The largest absolute Gasteiger partial charge is 0.493 e. The molecule has 1 aliphatic rings. The second-order valence-corrected chi connectivity index (χ2v) is 4.79. The van der Waals surface area contributed by atoms with Crippen LogP contribution in [-0.4, -0.2) is 43.0 Å². The third-order valence-electron chi connectivity index (χ3n) is 3.30. The average Bonchev–Trinajstić information content (AvgIpc) is 2.93. The number of amides is 1. The van der Waals surface area contributed by atoms with Crippen molar-refractivity contribution in [2.45, 2.75) is 18.9 Å². The lowest BCUT2D eigenvalue weighted by molar-refractivity contribution is -0.133. The summed E-state index contributed by atoms with van der Waals surface area (Å²) in [4.78, 5) is 13.9. The summed E-state index contributed by atoms with van der Waals surface area (Å²) in [5, 5.41) is 0. The molecule has 1 fully saturated rings. The van der Waals surface area contributed by atoms with Crippen molar-refractivity contribution in [1.82, 2.24) is 4.90 Å². The van der Waals surface area contributed by atoms with E-state index >= 15 is 0 Å². The zero-order valence-electron chi connectivity index (χ0n) is 11.0. The molecule has 1 atom stereocenters. The van der Waals surface area contributed by atoms with Crippen LogP contribution in [0.3, 0.4) is 0 Å². The fourth-order valence-corrected chi connectivity index (χ4v) is 2.61. The molecule has 1 amide bonds. The van der Waals surface area contributed by atoms with Gasteiger partial charge in [0, 0.05) is 18.5 Å². The number of ether oxygens (including phenoxy) is 2. The van der Waals surface area contributed by atoms with Crippen molar-refractivity contribution in [3.63, 3.8) is 0 Å². The Kier molecular flexibility index (Phi) is 4.91. The molecular formula is C14H18ClNO3. The van der Waals surface area contributed by atoms with Crippen molar-refractivity contribution < 1.29 is 14.3 Å². The molecule has 19 heavy (non-hydrogen) atoms. The molecule has 4 nitrogen and oxygen atoms in total. The average molecular weight is 284 g/mol. The summed E-state index contributed by atoms with van der Waals surface area (Å²) in [5.41, 5.74) is 0. The molecule has 5 heteroatoms. The molecule has 1 aliphatic heterocycles. The van der Waals surface area contributed by atoms with E-state index in [-0.39, 0.29) is 18.6 Å². The van der Waals surface area contributed by atoms with Crippen LogP contribution in [-0.2, 0) is 4.79 Å². The van der Waals surface area contributed by atoms with Crippen LogP contribution in [0, 0.1) is 0 Å². The highest BCUT2D eigenvalue weighted by molar-refractivity contribution is 6.18. The molecular weight excluding hydrogens is 266 g/mol. The monoisotopic (exact) mass is 283 g/mol. The number of para-hydroxylation sites is 2. The van der Waals surface area contributed by atoms with Gasteiger partial charge >= 0.3 is 0 Å². The summed E-state index contributed by atoms with van der Waals surface area (Å²) in [6, 6.07) is 7.44. The molecule has 1 heterocycles. The molecule has 0 spiro atoms. The van der Waals surface area contributed by atoms with Gasteiger partial charge in [0.15, 0.2) is 18.1 Å². The van der Waals surface area contributed by atoms with Crippen LogP contribution in [0.4, 0.5) is 0 Å². The lowest BCUT2D eigenvalue weighted by atomic mass is 10.2. The number of hydrogen-bond acceptors (Lipinski definition) is 3. The standard InChI is InChI=1S/C14H18ClNO3/c1-18-12-6-2-3-7-13(12)19-10-14(17)16-8-4-5-11(16)9-15/h2-3,6-7,11H,4-5,8-10H2,1H3/t11-/m0/s1. The lowest BCUT2D eigenvalue weighted by Gasteiger charge is -2.23. The van der Waals surface area contributed by atoms with Crippen molar-refractivity contribution in [2.75, 3.05) is 26.1 Å². The molecule has 2 rings (SSSR count). The van der Waals surface area contributed by atoms with E-state index in [2.05, 4.69) is 0 Å². The topological polar surface area (TPSA) is 38.8 Å². The van der Waals surface area contributed by atoms with Crippen molar-refractivity contribution in [1.29, 1.82) is 0 Å². The van der Waals surface area contributed by atoms with Crippen molar-refractivity contribution >= 4 is 17.5 Å². The van der Waals surface area contributed by atoms with Crippen LogP contribution in [0.25, 0.3) is 0 Å². The number of methoxy groups -OCH3 is 1. The van der Waals surface area contributed by atoms with E-state index in [1.54, 1.807) is 19.2 Å². The van der Waals surface area contributed by atoms with E-state index in [0.29, 0.717) is 17.4 Å². The third kappa shape index (κ3) is 3.32. The SMILES string of the molecule is COc1ccccc1OCC(=O)N1CCC[C@H]1CCl. The highest BCUT2D eigenvalue weighted by atomic mass is 35.5. The van der Waals surface area contributed by atoms with Crippen molar-refractivity contribution in [3.05, 3.63) is 24.3 Å². The van der Waals surface area contributed by atoms with Gasteiger partial charge in [-0.1, -0.05) is 12.1 Å². The highest BCUT2D eigenvalue weighted by Crippen LogP contribution is 2.26. The molecule has 1 aromatic carbocycles. The second kappa shape index (κ2) is 6.66. The summed E-state index contributed by atoms with van der Waals surface area (Å²) in [7, 11) is 1.58. The number of benzene rings is 1. The molecule has 1 aromatic rings. The minimum Gasteiger partial charge on any atom is -0.493 e. The summed E-state index contributed by atoms with van der Waals surface area (Å²) >= 11 is 5.86. The summed E-state index contributed by atoms with van der Waals surface area (Å²) < 4.78 is 10.7. The molecule has 0 radical (unpaired) electrons. The molecule has 0 N–H and O–H groups in total. The normalized spacial score (nSPS) is 18.4. The first-order chi connectivity index (χ1) is 9.26. The first-order valence-electron chi connectivity index (χ1n) is 6.37. The van der Waals surface area contributed by atoms with Crippen LogP contribution >= 0.6 is 11.6 Å². The number of likely N-dealkylation sites (tertiary alicyclic amines) is 1. The Bertz CT molecular complexity index is 438. The van der Waals surface area contributed by atoms with Gasteiger partial charge in [-0.2, -0.15) is 0 Å². The maximum Gasteiger partial charge on any atom is 0.260 e. The maximum atomic E-state index is 12.1. The molecule has 0 aliphatic carbocycles. The molecule has 0 bridgehead atoms. The van der Waals surface area contributed by atoms with Crippen molar-refractivity contribution in [2.24, 2.45) is 0 Å². The second-order valence-electron chi connectivity index (χ2n) is 4.48. The van der Waals surface area contributed by atoms with Gasteiger partial charge in [-0.15, -0.1) is 11.6 Å². The Balaban J connectivity index is 1.93. The number of hydrogen-bond donors (Lipinski definition) is 0. The Morgan fingerprint density at radius 2 is 2.16 bits per heavy atom. The number of nitrogens with zero attached hydrogens (tertiary/aromatic N) is 1. The van der Waals surface area contributed by atoms with Gasteiger partial charge in [-0.3, -0.25) is 4.79 Å². The van der Waals surface area contributed by atoms with E-state index < -0.39 is 0 Å². The number of carbonyl (C=O) groups excluding carboxylic acids is 1. The zero-order chi connectivity index (χ0) is 13.7. The first-order valence-corrected chi connectivity index (χ1v) is 6.91. The summed E-state index contributed by atoms with van der Waals surface area (Å²) in [5.74, 6) is 1.68. The van der Waals surface area contributed by atoms with Gasteiger partial charge in [-0.25, -0.2) is 0 Å². The smallest absolute Gasteiger partial charge is 0.260 e. The number of alkyl halides is 1. The van der Waals surface area contributed by atoms with E-state index in [0.717, 1.165) is 19.4 Å². The fourth-order valence-electron chi connectivity index (χ4n) is 2.28. The van der Waals surface area contributed by atoms with E-state index in [9.17, 15) is 4.79 Å². The van der Waals surface area contributed by atoms with Gasteiger partial charge in [-0.05, 0) is 25.0 Å². The maximum absolute atomic E-state index is 12.1. The lowest BCUT2D eigenvalue weighted by Crippen LogP contribution is -2.39. The Labute approximate surface area is 118 Å². The minimum absolute atomic E-state index is 0.0194. The van der Waals surface area contributed by atoms with Crippen LogP contribution in [0.1, 0.15) is 12.8 Å². The summed E-state index contributed by atoms with van der Waals surface area (Å²) in [6.07, 6.45) is 1.99. The molecule has 0 unspecified atom stereocenters. The number of halogens is 1. The quantitative estimate of drug-likeness (QED) is 0.779. The van der Waals surface area contributed by atoms with E-state index in [4.69, 9.17) is 21.1 Å². The van der Waals surface area contributed by atoms with Gasteiger partial charge in [0.05, 0.1) is 7.11 Å². The Morgan fingerprint density at radius 3 is 2.84 bits per heavy atom. The van der Waals surface area contributed by atoms with E-state index in [1.165, 1.54) is 0 Å². The summed E-state index contributed by atoms with van der Waals surface area (Å²) in [6.45, 7) is 0.791. The molecule has 0 saturated carbocycles. The van der Waals surface area contributed by atoms with Gasteiger partial charge in [0.25, 0.3) is 5.91 Å². The number of carbonyl (C=O) groups is 1. The van der Waals surface area contributed by atoms with Crippen LogP contribution in [0.2, 0.25) is 0 Å². The third-order valence-corrected chi connectivity index (χ3v) is 3.65. The highest BCUT2D eigenvalue weighted by Gasteiger charge is 2.28. The predicted octanol–water partition coefficient (Wildman–Crippen LogP) is 2.30. The fraction of sp³-hybridized carbons (Fsp3) is 0.500. The zero-order valence-corrected chi connectivity index (χ0v) is 11.7. The van der Waals surface area contributed by atoms with Crippen LogP contribution in [0.15, 0.2) is 24.3 Å². The Hall–Kier alpha value is -1.42. The van der Waals surface area contributed by atoms with Crippen molar-refractivity contribution in [3.8, 4) is 11.5 Å². The van der Waals surface area contributed by atoms with Gasteiger partial charge < -0.3 is 14.4 Å². The Morgan fingerprint density at radius 1 is 1.42 bits per heavy atom. The predicted molar refractivity (Wildman–Crippen MR) is 73.9 cm³/mol. The van der Waals surface area contributed by atoms with Gasteiger partial charge in [0.1, 0.15) is 0 Å². The van der Waals surface area contributed by atoms with Crippen LogP contribution < -0.4 is 9.47 Å². The van der Waals surface area contributed by atoms with E-state index in [1.807, 2.05) is 17.0 Å². The minimum atomic E-state index is -0.0194. The van der Waals surface area contributed by atoms with Crippen LogP contribution in [0.5, 0.6) is 11.5 Å². The molecule has 0 aromatic heterocycles. The van der Waals surface area contributed by atoms with Gasteiger partial charge in [0.2, 0.25) is 0 Å². The molecule has 104 valence electrons. The first kappa shape index (κ1) is 14.0. The molecule has 1 saturated heterocycles. The number of rotatable bonds is 5.